The molecule has 3 aromatic carbocycles. The molecule has 0 atom stereocenters. The van der Waals surface area contributed by atoms with Gasteiger partial charge in [-0.05, 0) is 98.5 Å². The lowest BCUT2D eigenvalue weighted by Crippen LogP contribution is -2.11. The Morgan fingerprint density at radius 1 is 0.477 bits per heavy atom. The first-order valence-electron chi connectivity index (χ1n) is 14.0. The summed E-state index contributed by atoms with van der Waals surface area (Å²) in [6.45, 7) is 8.17. The molecule has 0 heterocycles. The Kier molecular flexibility index (Phi) is 13.7. The minimum Gasteiger partial charge on any atom is -0.494 e. The molecule has 3 rings (SSSR count). The molecule has 0 aliphatic heterocycles. The quantitative estimate of drug-likeness (QED) is 0.0752. The van der Waals surface area contributed by atoms with Gasteiger partial charge in [-0.3, -0.25) is 0 Å². The zero-order chi connectivity index (χ0) is 31.6. The van der Waals surface area contributed by atoms with Crippen molar-refractivity contribution in [2.24, 2.45) is 0 Å². The first kappa shape index (κ1) is 33.1. The van der Waals surface area contributed by atoms with Crippen LogP contribution in [0.15, 0.2) is 98.1 Å². The van der Waals surface area contributed by atoms with Crippen LogP contribution in [0.4, 0.5) is 0 Å². The Morgan fingerprint density at radius 2 is 0.795 bits per heavy atom. The Balaban J connectivity index is 1.37. The van der Waals surface area contributed by atoms with Crippen LogP contribution in [0.2, 0.25) is 0 Å². The summed E-state index contributed by atoms with van der Waals surface area (Å²) in [7, 11) is 0. The zero-order valence-electron chi connectivity index (χ0n) is 24.2. The van der Waals surface area contributed by atoms with Crippen molar-refractivity contribution < 1.29 is 47.6 Å². The van der Waals surface area contributed by atoms with Crippen molar-refractivity contribution in [3.05, 3.63) is 109 Å². The van der Waals surface area contributed by atoms with Crippen molar-refractivity contribution in [1.82, 2.24) is 0 Å². The van der Waals surface area contributed by atoms with E-state index in [9.17, 15) is 19.2 Å². The molecule has 0 aromatic heterocycles. The minimum atomic E-state index is -0.582. The number of hydrogen-bond donors (Lipinski definition) is 0. The first-order chi connectivity index (χ1) is 21.4. The number of rotatable bonds is 18. The number of ether oxygens (including phenoxy) is 6. The zero-order valence-corrected chi connectivity index (χ0v) is 24.2. The highest BCUT2D eigenvalue weighted by atomic mass is 16.5. The average molecular weight is 603 g/mol. The van der Waals surface area contributed by atoms with Crippen LogP contribution in [-0.2, 0) is 19.1 Å². The maximum Gasteiger partial charge on any atom is 0.343 e. The highest BCUT2D eigenvalue weighted by molar-refractivity contribution is 5.94. The minimum absolute atomic E-state index is 0.263. The van der Waals surface area contributed by atoms with E-state index in [2.05, 4.69) is 13.2 Å². The molecule has 0 fully saturated rings. The molecule has 0 aliphatic rings. The van der Waals surface area contributed by atoms with Crippen molar-refractivity contribution in [3.63, 3.8) is 0 Å². The van der Waals surface area contributed by atoms with Gasteiger partial charge >= 0.3 is 23.9 Å². The molecule has 0 radical (unpaired) electrons. The maximum atomic E-state index is 12.6. The molecule has 0 spiro atoms. The van der Waals surface area contributed by atoms with Crippen molar-refractivity contribution >= 4 is 23.9 Å². The van der Waals surface area contributed by atoms with E-state index in [0.29, 0.717) is 75.1 Å². The molecule has 230 valence electrons. The smallest absolute Gasteiger partial charge is 0.343 e. The third-order valence-corrected chi connectivity index (χ3v) is 5.86. The van der Waals surface area contributed by atoms with E-state index in [1.165, 1.54) is 24.3 Å². The van der Waals surface area contributed by atoms with Crippen LogP contribution >= 0.6 is 0 Å². The van der Waals surface area contributed by atoms with Gasteiger partial charge in [0.15, 0.2) is 0 Å². The van der Waals surface area contributed by atoms with Gasteiger partial charge in [0, 0.05) is 12.2 Å². The van der Waals surface area contributed by atoms with Crippen molar-refractivity contribution in [2.75, 3.05) is 26.4 Å². The largest absolute Gasteiger partial charge is 0.494 e. The molecule has 0 N–H and O–H groups in total. The second-order valence-corrected chi connectivity index (χ2v) is 9.15. The third-order valence-electron chi connectivity index (χ3n) is 5.86. The lowest BCUT2D eigenvalue weighted by Gasteiger charge is -2.09. The van der Waals surface area contributed by atoms with Gasteiger partial charge < -0.3 is 28.4 Å². The first-order valence-corrected chi connectivity index (χ1v) is 14.0. The summed E-state index contributed by atoms with van der Waals surface area (Å²) in [4.78, 5) is 47.1. The average Bonchev–Trinajstić information content (AvgIpc) is 3.05. The maximum absolute atomic E-state index is 12.6. The summed E-state index contributed by atoms with van der Waals surface area (Å²) in [5.74, 6) is -0.169. The molecule has 3 aromatic rings. The van der Waals surface area contributed by atoms with Gasteiger partial charge in [0.2, 0.25) is 0 Å². The lowest BCUT2D eigenvalue weighted by atomic mass is 10.1. The number of benzene rings is 3. The number of esters is 4. The number of carbonyl (C=O) groups excluding carboxylic acids is 4. The summed E-state index contributed by atoms with van der Waals surface area (Å²) >= 11 is 0. The van der Waals surface area contributed by atoms with Crippen LogP contribution in [0, 0.1) is 0 Å². The summed E-state index contributed by atoms with van der Waals surface area (Å²) in [6.07, 6.45) is 4.97. The molecule has 0 bridgehead atoms. The van der Waals surface area contributed by atoms with Crippen molar-refractivity contribution in [2.45, 2.75) is 25.7 Å². The number of hydrogen-bond acceptors (Lipinski definition) is 10. The van der Waals surface area contributed by atoms with E-state index >= 15 is 0 Å². The SMILES string of the molecule is C=CC(=O)OCCCCOc1ccc(OC(=O)c2ccc(C(=O)Oc3ccc(OCCCCOC(=O)C=C)cc3)cc2)cc1. The van der Waals surface area contributed by atoms with Gasteiger partial charge in [-0.1, -0.05) is 13.2 Å². The molecule has 0 unspecified atom stereocenters. The van der Waals surface area contributed by atoms with Crippen LogP contribution < -0.4 is 18.9 Å². The van der Waals surface area contributed by atoms with Crippen molar-refractivity contribution in [3.8, 4) is 23.0 Å². The van der Waals surface area contributed by atoms with Gasteiger partial charge in [-0.25, -0.2) is 19.2 Å². The predicted octanol–water partition coefficient (Wildman–Crippen LogP) is 5.90. The fraction of sp³-hybridized carbons (Fsp3) is 0.235. The van der Waals surface area contributed by atoms with E-state index in [4.69, 9.17) is 28.4 Å². The van der Waals surface area contributed by atoms with E-state index in [-0.39, 0.29) is 11.1 Å². The molecule has 0 saturated heterocycles. The van der Waals surface area contributed by atoms with E-state index < -0.39 is 23.9 Å². The summed E-state index contributed by atoms with van der Waals surface area (Å²) in [6, 6.07) is 19.1. The Hall–Kier alpha value is -5.38. The van der Waals surface area contributed by atoms with Gasteiger partial charge in [0.25, 0.3) is 0 Å². The molecule has 0 aliphatic carbocycles. The van der Waals surface area contributed by atoms with E-state index in [1.54, 1.807) is 48.5 Å². The molecule has 0 saturated carbocycles. The Labute approximate surface area is 255 Å². The van der Waals surface area contributed by atoms with Gasteiger partial charge in [-0.15, -0.1) is 0 Å². The molecule has 0 amide bonds. The summed E-state index contributed by atoms with van der Waals surface area (Å²) in [5, 5.41) is 0. The van der Waals surface area contributed by atoms with Crippen LogP contribution in [0.5, 0.6) is 23.0 Å². The summed E-state index contributed by atoms with van der Waals surface area (Å²) < 4.78 is 31.9. The molecule has 10 heteroatoms. The monoisotopic (exact) mass is 602 g/mol. The Bertz CT molecular complexity index is 1280. The highest BCUT2D eigenvalue weighted by Gasteiger charge is 2.13. The lowest BCUT2D eigenvalue weighted by molar-refractivity contribution is -0.138. The van der Waals surface area contributed by atoms with E-state index in [0.717, 1.165) is 12.2 Å². The molecule has 44 heavy (non-hydrogen) atoms. The van der Waals surface area contributed by atoms with Crippen LogP contribution in [0.25, 0.3) is 0 Å². The molecular weight excluding hydrogens is 568 g/mol. The standard InChI is InChI=1S/C34H34O10/c1-3-31(35)41-23-7-5-21-39-27-13-17-29(18-14-27)43-33(37)25-9-11-26(12-10-25)34(38)44-30-19-15-28(16-20-30)40-22-6-8-24-42-32(36)4-2/h3-4,9-20H,1-2,5-8,21-24H2. The second kappa shape index (κ2) is 18.2. The van der Waals surface area contributed by atoms with Crippen LogP contribution in [-0.4, -0.2) is 50.3 Å². The van der Waals surface area contributed by atoms with E-state index in [1.807, 2.05) is 0 Å². The Morgan fingerprint density at radius 3 is 1.14 bits per heavy atom. The van der Waals surface area contributed by atoms with Gasteiger partial charge in [-0.2, -0.15) is 0 Å². The molecule has 10 nitrogen and oxygen atoms in total. The summed E-state index contributed by atoms with van der Waals surface area (Å²) in [5.41, 5.74) is 0.527. The van der Waals surface area contributed by atoms with Gasteiger partial charge in [0.05, 0.1) is 37.6 Å². The number of carbonyl (C=O) groups is 4. The predicted molar refractivity (Wildman–Crippen MR) is 161 cm³/mol. The van der Waals surface area contributed by atoms with Gasteiger partial charge in [0.1, 0.15) is 23.0 Å². The second-order valence-electron chi connectivity index (χ2n) is 9.15. The number of unbranched alkanes of at least 4 members (excludes halogenated alkanes) is 2. The highest BCUT2D eigenvalue weighted by Crippen LogP contribution is 2.21. The fourth-order valence-electron chi connectivity index (χ4n) is 3.53. The fourth-order valence-corrected chi connectivity index (χ4v) is 3.53. The molecular formula is C34H34O10. The third kappa shape index (κ3) is 11.8. The van der Waals surface area contributed by atoms with Crippen molar-refractivity contribution in [1.29, 1.82) is 0 Å². The van der Waals surface area contributed by atoms with Crippen LogP contribution in [0.1, 0.15) is 46.4 Å². The van der Waals surface area contributed by atoms with Crippen LogP contribution in [0.3, 0.4) is 0 Å². The topological polar surface area (TPSA) is 124 Å². The normalized spacial score (nSPS) is 10.2.